The average molecular weight is 532 g/mol. The molecule has 0 radical (unpaired) electrons. The summed E-state index contributed by atoms with van der Waals surface area (Å²) in [6.07, 6.45) is 5.25. The zero-order valence-electron chi connectivity index (χ0n) is 22.7. The summed E-state index contributed by atoms with van der Waals surface area (Å²) in [6.45, 7) is 8.07. The van der Waals surface area contributed by atoms with Crippen LogP contribution in [0.4, 0.5) is 10.5 Å². The number of nitrogens with zero attached hydrogens (tertiary/aromatic N) is 5. The molecule has 1 atom stereocenters. The van der Waals surface area contributed by atoms with Gasteiger partial charge in [0.15, 0.2) is 0 Å². The third-order valence-electron chi connectivity index (χ3n) is 7.29. The molecule has 1 saturated carbocycles. The van der Waals surface area contributed by atoms with Gasteiger partial charge in [-0.3, -0.25) is 19.7 Å². The Morgan fingerprint density at radius 1 is 1.11 bits per heavy atom. The lowest BCUT2D eigenvalue weighted by molar-refractivity contribution is -0.385. The maximum absolute atomic E-state index is 12.6. The van der Waals surface area contributed by atoms with Gasteiger partial charge in [-0.05, 0) is 52.5 Å². The fraction of sp³-hybridized carbons (Fsp3) is 0.654. The van der Waals surface area contributed by atoms with Crippen LogP contribution in [0.5, 0.6) is 0 Å². The number of benzene rings is 1. The van der Waals surface area contributed by atoms with Gasteiger partial charge in [0, 0.05) is 50.4 Å². The molecule has 0 N–H and O–H groups in total. The van der Waals surface area contributed by atoms with Crippen LogP contribution in [-0.4, -0.2) is 94.7 Å². The topological polar surface area (TPSA) is 129 Å². The van der Waals surface area contributed by atoms with E-state index < -0.39 is 16.5 Å². The summed E-state index contributed by atoms with van der Waals surface area (Å²) < 4.78 is 17.7. The van der Waals surface area contributed by atoms with Gasteiger partial charge >= 0.3 is 12.1 Å². The maximum Gasteiger partial charge on any atom is 0.410 e. The maximum atomic E-state index is 12.6. The van der Waals surface area contributed by atoms with E-state index in [1.165, 1.54) is 19.2 Å². The number of rotatable bonds is 6. The molecule has 1 amide bonds. The fourth-order valence-corrected chi connectivity index (χ4v) is 5.53. The minimum absolute atomic E-state index is 0.0902. The zero-order chi connectivity index (χ0) is 27.6. The third kappa shape index (κ3) is 6.07. The van der Waals surface area contributed by atoms with Gasteiger partial charge in [-0.25, -0.2) is 9.59 Å². The summed E-state index contributed by atoms with van der Waals surface area (Å²) >= 11 is 0. The number of aromatic nitrogens is 2. The number of amides is 1. The third-order valence-corrected chi connectivity index (χ3v) is 7.29. The van der Waals surface area contributed by atoms with E-state index >= 15 is 0 Å². The Morgan fingerprint density at radius 3 is 2.39 bits per heavy atom. The fourth-order valence-electron chi connectivity index (χ4n) is 5.53. The monoisotopic (exact) mass is 531 g/mol. The average Bonchev–Trinajstić information content (AvgIpc) is 3.30. The summed E-state index contributed by atoms with van der Waals surface area (Å²) in [5.74, 6) is -0.758. The van der Waals surface area contributed by atoms with E-state index in [9.17, 15) is 19.7 Å². The second-order valence-corrected chi connectivity index (χ2v) is 11.0. The van der Waals surface area contributed by atoms with E-state index in [1.54, 1.807) is 12.0 Å². The van der Waals surface area contributed by atoms with Crippen LogP contribution in [0.2, 0.25) is 0 Å². The molecule has 1 saturated heterocycles. The van der Waals surface area contributed by atoms with Gasteiger partial charge in [0.1, 0.15) is 11.2 Å². The number of hydrogen-bond acceptors (Lipinski definition) is 9. The number of fused-ring (bicyclic) bond motifs is 1. The smallest absolute Gasteiger partial charge is 0.410 e. The zero-order valence-corrected chi connectivity index (χ0v) is 22.7. The Morgan fingerprint density at radius 2 is 1.79 bits per heavy atom. The SMILES string of the molecule is COC[C@@H]1CN(C(=O)OC(C)(C)C)CCN1C1CCC(n2cc3cc([N+](=O)[O-])c(C(=O)OC)cc3n2)CC1. The van der Waals surface area contributed by atoms with Crippen LogP contribution in [-0.2, 0) is 14.2 Å². The molecule has 38 heavy (non-hydrogen) atoms. The van der Waals surface area contributed by atoms with Crippen molar-refractivity contribution in [3.8, 4) is 0 Å². The van der Waals surface area contributed by atoms with E-state index in [0.717, 1.165) is 32.2 Å². The Bertz CT molecular complexity index is 1180. The number of esters is 1. The molecule has 2 aromatic rings. The van der Waals surface area contributed by atoms with Gasteiger partial charge in [-0.1, -0.05) is 0 Å². The summed E-state index contributed by atoms with van der Waals surface area (Å²) in [5.41, 5.74) is -0.403. The summed E-state index contributed by atoms with van der Waals surface area (Å²) in [7, 11) is 2.88. The van der Waals surface area contributed by atoms with Crippen molar-refractivity contribution in [1.29, 1.82) is 0 Å². The van der Waals surface area contributed by atoms with Gasteiger partial charge in [0.05, 0.1) is 36.2 Å². The Hall–Kier alpha value is -3.25. The number of piperazine rings is 1. The lowest BCUT2D eigenvalue weighted by atomic mass is 9.89. The molecule has 0 bridgehead atoms. The highest BCUT2D eigenvalue weighted by Gasteiger charge is 2.37. The predicted molar refractivity (Wildman–Crippen MR) is 139 cm³/mol. The molecule has 12 heteroatoms. The highest BCUT2D eigenvalue weighted by molar-refractivity contribution is 5.99. The van der Waals surface area contributed by atoms with Crippen LogP contribution in [0.3, 0.4) is 0 Å². The first-order chi connectivity index (χ1) is 18.0. The minimum atomic E-state index is -0.758. The van der Waals surface area contributed by atoms with Crippen molar-refractivity contribution in [2.45, 2.75) is 70.2 Å². The molecule has 0 unspecified atom stereocenters. The number of ether oxygens (including phenoxy) is 3. The highest BCUT2D eigenvalue weighted by atomic mass is 16.6. The molecular formula is C26H37N5O7. The molecule has 2 heterocycles. The first-order valence-electron chi connectivity index (χ1n) is 13.0. The van der Waals surface area contributed by atoms with E-state index in [4.69, 9.17) is 14.2 Å². The summed E-state index contributed by atoms with van der Waals surface area (Å²) in [4.78, 5) is 39.9. The van der Waals surface area contributed by atoms with Crippen molar-refractivity contribution in [3.05, 3.63) is 34.0 Å². The molecule has 208 valence electrons. The minimum Gasteiger partial charge on any atom is -0.465 e. The van der Waals surface area contributed by atoms with Crippen molar-refractivity contribution in [2.24, 2.45) is 0 Å². The largest absolute Gasteiger partial charge is 0.465 e. The number of carbonyl (C=O) groups excluding carboxylic acids is 2. The van der Waals surface area contributed by atoms with Gasteiger partial charge in [-0.15, -0.1) is 0 Å². The molecule has 1 aromatic carbocycles. The second-order valence-electron chi connectivity index (χ2n) is 11.0. The summed E-state index contributed by atoms with van der Waals surface area (Å²) in [6, 6.07) is 3.43. The van der Waals surface area contributed by atoms with Gasteiger partial charge in [0.2, 0.25) is 0 Å². The standard InChI is InChI=1S/C26H37N5O7/c1-26(2,3)38-25(33)28-10-11-29(20(15-28)16-36-4)18-6-8-19(9-7-18)30-14-17-12-23(31(34)35)21(24(32)37-5)13-22(17)27-30/h12-14,18-20H,6-11,15-16H2,1-5H3/t18?,19?,20-/m0/s1. The molecule has 2 fully saturated rings. The van der Waals surface area contributed by atoms with Crippen LogP contribution in [0, 0.1) is 10.1 Å². The van der Waals surface area contributed by atoms with Crippen LogP contribution in [0.15, 0.2) is 18.3 Å². The quantitative estimate of drug-likeness (QED) is 0.310. The van der Waals surface area contributed by atoms with Gasteiger partial charge in [-0.2, -0.15) is 5.10 Å². The summed E-state index contributed by atoms with van der Waals surface area (Å²) in [5, 5.41) is 16.8. The van der Waals surface area contributed by atoms with Crippen molar-refractivity contribution < 1.29 is 28.7 Å². The van der Waals surface area contributed by atoms with E-state index in [0.29, 0.717) is 36.6 Å². The second kappa shape index (κ2) is 11.2. The van der Waals surface area contributed by atoms with Crippen LogP contribution in [0.25, 0.3) is 10.9 Å². The van der Waals surface area contributed by atoms with E-state index in [-0.39, 0.29) is 29.4 Å². The Balaban J connectivity index is 1.43. The number of nitro groups is 1. The molecule has 12 nitrogen and oxygen atoms in total. The van der Waals surface area contributed by atoms with Crippen molar-refractivity contribution in [3.63, 3.8) is 0 Å². The lowest BCUT2D eigenvalue weighted by Crippen LogP contribution is -2.60. The number of carbonyl (C=O) groups is 2. The normalized spacial score (nSPS) is 22.9. The Kier molecular flexibility index (Phi) is 8.22. The van der Waals surface area contributed by atoms with Gasteiger partial charge < -0.3 is 19.1 Å². The van der Waals surface area contributed by atoms with Crippen LogP contribution >= 0.6 is 0 Å². The molecule has 1 aromatic heterocycles. The molecule has 0 spiro atoms. The number of nitro benzene ring substituents is 1. The number of methoxy groups -OCH3 is 2. The van der Waals surface area contributed by atoms with E-state index in [1.807, 2.05) is 31.6 Å². The first kappa shape index (κ1) is 27.8. The lowest BCUT2D eigenvalue weighted by Gasteiger charge is -2.46. The van der Waals surface area contributed by atoms with Crippen molar-refractivity contribution in [2.75, 3.05) is 40.5 Å². The van der Waals surface area contributed by atoms with Crippen molar-refractivity contribution >= 4 is 28.7 Å². The number of hydrogen-bond donors (Lipinski definition) is 0. The molecule has 2 aliphatic rings. The van der Waals surface area contributed by atoms with E-state index in [2.05, 4.69) is 10.00 Å². The molecular weight excluding hydrogens is 494 g/mol. The predicted octanol–water partition coefficient (Wildman–Crippen LogP) is 3.78. The molecule has 4 rings (SSSR count). The molecule has 1 aliphatic carbocycles. The van der Waals surface area contributed by atoms with Crippen molar-refractivity contribution in [1.82, 2.24) is 19.6 Å². The molecule has 1 aliphatic heterocycles. The highest BCUT2D eigenvalue weighted by Crippen LogP contribution is 2.34. The van der Waals surface area contributed by atoms with Crippen LogP contribution < -0.4 is 0 Å². The Labute approximate surface area is 221 Å². The first-order valence-corrected chi connectivity index (χ1v) is 13.0. The van der Waals surface area contributed by atoms with Gasteiger partial charge in [0.25, 0.3) is 5.69 Å². The van der Waals surface area contributed by atoms with Crippen LogP contribution in [0.1, 0.15) is 62.9 Å².